The van der Waals surface area contributed by atoms with E-state index < -0.39 is 0 Å². The van der Waals surface area contributed by atoms with Gasteiger partial charge in [0.25, 0.3) is 0 Å². The number of nitrogens with zero attached hydrogens (tertiary/aromatic N) is 1. The van der Waals surface area contributed by atoms with Gasteiger partial charge in [0.15, 0.2) is 0 Å². The molecule has 0 aliphatic carbocycles. The first kappa shape index (κ1) is 14.8. The van der Waals surface area contributed by atoms with Crippen LogP contribution in [-0.4, -0.2) is 24.6 Å². The molecule has 0 aliphatic rings. The van der Waals surface area contributed by atoms with Gasteiger partial charge in [-0.15, -0.1) is 0 Å². The van der Waals surface area contributed by atoms with Crippen LogP contribution >= 0.6 is 0 Å². The van der Waals surface area contributed by atoms with Crippen molar-refractivity contribution >= 4 is 12.1 Å². The van der Waals surface area contributed by atoms with Crippen LogP contribution in [-0.2, 0) is 4.79 Å². The van der Waals surface area contributed by atoms with Crippen molar-refractivity contribution in [2.75, 3.05) is 12.4 Å². The van der Waals surface area contributed by atoms with Gasteiger partial charge in [-0.05, 0) is 37.6 Å². The maximum atomic E-state index is 10.7. The molecular weight excluding hydrogens is 268 g/mol. The lowest BCUT2D eigenvalue weighted by Gasteiger charge is -2.16. The number of pyridine rings is 1. The Morgan fingerprint density at radius 1 is 1.24 bits per heavy atom. The lowest BCUT2D eigenvalue weighted by atomic mass is 10.1. The molecule has 0 saturated carbocycles. The number of anilines is 1. The lowest BCUT2D eigenvalue weighted by molar-refractivity contribution is -0.105. The molecule has 110 valence electrons. The Labute approximate surface area is 123 Å². The van der Waals surface area contributed by atoms with Crippen LogP contribution in [0.1, 0.15) is 13.8 Å². The van der Waals surface area contributed by atoms with Crippen LogP contribution in [0.4, 0.5) is 5.69 Å². The third kappa shape index (κ3) is 3.51. The Morgan fingerprint density at radius 2 is 2.05 bits per heavy atom. The summed E-state index contributed by atoms with van der Waals surface area (Å²) in [6.45, 7) is 3.87. The molecule has 0 bridgehead atoms. The number of hydrogen-bond acceptors (Lipinski definition) is 4. The number of carbonyl (C=O) groups excluding carboxylic acids is 1. The first-order valence-corrected chi connectivity index (χ1v) is 6.65. The van der Waals surface area contributed by atoms with Crippen molar-refractivity contribution in [2.45, 2.75) is 20.0 Å². The minimum atomic E-state index is 0.00628. The fraction of sp³-hybridized carbons (Fsp3) is 0.250. The van der Waals surface area contributed by atoms with E-state index in [1.807, 2.05) is 32.0 Å². The summed E-state index contributed by atoms with van der Waals surface area (Å²) in [6.07, 6.45) is 4.01. The number of hydrogen-bond donors (Lipinski definition) is 1. The van der Waals surface area contributed by atoms with Gasteiger partial charge in [-0.3, -0.25) is 9.78 Å². The molecule has 1 amide bonds. The van der Waals surface area contributed by atoms with Crippen LogP contribution in [0.5, 0.6) is 11.5 Å². The maximum Gasteiger partial charge on any atom is 0.211 e. The fourth-order valence-electron chi connectivity index (χ4n) is 2.01. The van der Waals surface area contributed by atoms with E-state index in [9.17, 15) is 4.79 Å². The van der Waals surface area contributed by atoms with Gasteiger partial charge in [0.2, 0.25) is 6.41 Å². The summed E-state index contributed by atoms with van der Waals surface area (Å²) in [4.78, 5) is 14.7. The highest BCUT2D eigenvalue weighted by molar-refractivity contribution is 5.80. The Balaban J connectivity index is 2.47. The molecule has 2 aromatic rings. The Morgan fingerprint density at radius 3 is 2.71 bits per heavy atom. The van der Waals surface area contributed by atoms with E-state index >= 15 is 0 Å². The molecule has 5 nitrogen and oxygen atoms in total. The number of methoxy groups -OCH3 is 1. The molecule has 21 heavy (non-hydrogen) atoms. The Hall–Kier alpha value is -2.56. The third-order valence-corrected chi connectivity index (χ3v) is 2.87. The van der Waals surface area contributed by atoms with Crippen LogP contribution in [0.15, 0.2) is 36.7 Å². The van der Waals surface area contributed by atoms with Crippen molar-refractivity contribution in [3.05, 3.63) is 36.7 Å². The summed E-state index contributed by atoms with van der Waals surface area (Å²) in [7, 11) is 1.61. The molecule has 0 saturated heterocycles. The monoisotopic (exact) mass is 286 g/mol. The average molecular weight is 286 g/mol. The number of amides is 1. The number of ether oxygens (including phenoxy) is 2. The smallest absolute Gasteiger partial charge is 0.211 e. The second kappa shape index (κ2) is 6.74. The van der Waals surface area contributed by atoms with Crippen LogP contribution in [0.25, 0.3) is 11.1 Å². The van der Waals surface area contributed by atoms with Crippen molar-refractivity contribution in [1.82, 2.24) is 4.98 Å². The van der Waals surface area contributed by atoms with E-state index in [0.717, 1.165) is 11.1 Å². The minimum absolute atomic E-state index is 0.00628. The first-order chi connectivity index (χ1) is 10.2. The van der Waals surface area contributed by atoms with Gasteiger partial charge < -0.3 is 14.8 Å². The molecule has 5 heteroatoms. The number of benzene rings is 1. The lowest BCUT2D eigenvalue weighted by Crippen LogP contribution is -2.08. The van der Waals surface area contributed by atoms with E-state index in [1.54, 1.807) is 25.6 Å². The van der Waals surface area contributed by atoms with Gasteiger partial charge in [0.1, 0.15) is 11.5 Å². The highest BCUT2D eigenvalue weighted by Gasteiger charge is 2.11. The average Bonchev–Trinajstić information content (AvgIpc) is 2.48. The zero-order valence-electron chi connectivity index (χ0n) is 12.3. The molecule has 0 atom stereocenters. The van der Waals surface area contributed by atoms with Gasteiger partial charge in [-0.25, -0.2) is 0 Å². The van der Waals surface area contributed by atoms with Crippen molar-refractivity contribution in [3.63, 3.8) is 0 Å². The molecule has 1 aromatic heterocycles. The fourth-order valence-corrected chi connectivity index (χ4v) is 2.01. The van der Waals surface area contributed by atoms with Crippen molar-refractivity contribution in [3.8, 4) is 22.6 Å². The third-order valence-electron chi connectivity index (χ3n) is 2.87. The normalized spacial score (nSPS) is 10.3. The summed E-state index contributed by atoms with van der Waals surface area (Å²) >= 11 is 0. The maximum absolute atomic E-state index is 10.7. The van der Waals surface area contributed by atoms with Crippen LogP contribution in [0.3, 0.4) is 0 Å². The molecule has 0 spiro atoms. The molecule has 0 radical (unpaired) electrons. The molecule has 1 N–H and O–H groups in total. The predicted molar refractivity (Wildman–Crippen MR) is 81.7 cm³/mol. The number of rotatable bonds is 6. The van der Waals surface area contributed by atoms with E-state index in [4.69, 9.17) is 9.47 Å². The quantitative estimate of drug-likeness (QED) is 0.829. The highest BCUT2D eigenvalue weighted by atomic mass is 16.5. The first-order valence-electron chi connectivity index (χ1n) is 6.65. The standard InChI is InChI=1S/C16H18N2O3/c1-11(2)21-15-8-12(4-5-14(15)18-10-19)13-6-7-17-9-16(13)20-3/h4-11H,1-3H3,(H,18,19). The summed E-state index contributed by atoms with van der Waals surface area (Å²) in [6, 6.07) is 7.46. The molecule has 1 aromatic carbocycles. The summed E-state index contributed by atoms with van der Waals surface area (Å²) < 4.78 is 11.1. The summed E-state index contributed by atoms with van der Waals surface area (Å²) in [5, 5.41) is 2.64. The second-order valence-corrected chi connectivity index (χ2v) is 4.72. The number of carbonyl (C=O) groups is 1. The van der Waals surface area contributed by atoms with E-state index in [-0.39, 0.29) is 6.10 Å². The van der Waals surface area contributed by atoms with Gasteiger partial charge in [0, 0.05) is 11.8 Å². The van der Waals surface area contributed by atoms with Crippen LogP contribution in [0.2, 0.25) is 0 Å². The number of aromatic nitrogens is 1. The van der Waals surface area contributed by atoms with E-state index in [0.29, 0.717) is 23.6 Å². The van der Waals surface area contributed by atoms with E-state index in [1.165, 1.54) is 0 Å². The van der Waals surface area contributed by atoms with Crippen LogP contribution < -0.4 is 14.8 Å². The van der Waals surface area contributed by atoms with Gasteiger partial charge >= 0.3 is 0 Å². The molecule has 1 heterocycles. The Kier molecular flexibility index (Phi) is 4.77. The largest absolute Gasteiger partial charge is 0.494 e. The zero-order valence-corrected chi connectivity index (χ0v) is 12.3. The van der Waals surface area contributed by atoms with Crippen molar-refractivity contribution in [2.24, 2.45) is 0 Å². The Bertz CT molecular complexity index is 627. The van der Waals surface area contributed by atoms with Crippen molar-refractivity contribution < 1.29 is 14.3 Å². The molecule has 0 fully saturated rings. The van der Waals surface area contributed by atoms with Gasteiger partial charge in [-0.2, -0.15) is 0 Å². The molecule has 2 rings (SSSR count). The van der Waals surface area contributed by atoms with E-state index in [2.05, 4.69) is 10.3 Å². The molecule has 0 unspecified atom stereocenters. The van der Waals surface area contributed by atoms with Crippen LogP contribution in [0, 0.1) is 0 Å². The minimum Gasteiger partial charge on any atom is -0.494 e. The second-order valence-electron chi connectivity index (χ2n) is 4.72. The molecule has 0 aliphatic heterocycles. The number of nitrogens with one attached hydrogen (secondary N) is 1. The topological polar surface area (TPSA) is 60.5 Å². The SMILES string of the molecule is COc1cnccc1-c1ccc(NC=O)c(OC(C)C)c1. The predicted octanol–water partition coefficient (Wildman–Crippen LogP) is 3.11. The van der Waals surface area contributed by atoms with Crippen molar-refractivity contribution in [1.29, 1.82) is 0 Å². The van der Waals surface area contributed by atoms with Gasteiger partial charge in [0.05, 0.1) is 25.1 Å². The molecular formula is C16H18N2O3. The summed E-state index contributed by atoms with van der Waals surface area (Å²) in [5.74, 6) is 1.30. The zero-order chi connectivity index (χ0) is 15.2. The van der Waals surface area contributed by atoms with Gasteiger partial charge in [-0.1, -0.05) is 6.07 Å². The highest BCUT2D eigenvalue weighted by Crippen LogP contribution is 2.35. The summed E-state index contributed by atoms with van der Waals surface area (Å²) in [5.41, 5.74) is 2.48.